The average molecular weight is 452 g/mol. The van der Waals surface area contributed by atoms with Crippen LogP contribution in [0.2, 0.25) is 0 Å². The third-order valence-corrected chi connectivity index (χ3v) is 4.04. The molecule has 0 aliphatic rings. The highest BCUT2D eigenvalue weighted by Gasteiger charge is 2.15. The van der Waals surface area contributed by atoms with E-state index in [1.54, 1.807) is 26.8 Å². The van der Waals surface area contributed by atoms with Crippen LogP contribution in [0.15, 0.2) is 46.4 Å². The maximum Gasteiger partial charge on any atom is 0.338 e. The van der Waals surface area contributed by atoms with Crippen LogP contribution in [0, 0.1) is 11.3 Å². The van der Waals surface area contributed by atoms with Gasteiger partial charge in [-0.25, -0.2) is 4.79 Å². The monoisotopic (exact) mass is 452 g/mol. The van der Waals surface area contributed by atoms with E-state index in [9.17, 15) is 19.2 Å². The van der Waals surface area contributed by atoms with E-state index < -0.39 is 23.7 Å². The minimum absolute atomic E-state index is 0.0814. The number of rotatable bonds is 8. The van der Waals surface area contributed by atoms with Crippen LogP contribution in [0.3, 0.4) is 0 Å². The zero-order valence-electron chi connectivity index (χ0n) is 18.4. The lowest BCUT2D eigenvalue weighted by molar-refractivity contribution is -0.136. The number of anilines is 1. The van der Waals surface area contributed by atoms with Gasteiger partial charge in [-0.3, -0.25) is 14.4 Å². The zero-order chi connectivity index (χ0) is 24.4. The van der Waals surface area contributed by atoms with E-state index in [1.165, 1.54) is 36.4 Å². The van der Waals surface area contributed by atoms with Crippen molar-refractivity contribution in [2.24, 2.45) is 0 Å². The van der Waals surface area contributed by atoms with Crippen LogP contribution in [0.5, 0.6) is 0 Å². The molecule has 0 saturated carbocycles. The molecule has 172 valence electrons. The van der Waals surface area contributed by atoms with Crippen LogP contribution in [0.25, 0.3) is 6.08 Å². The fourth-order valence-electron chi connectivity index (χ4n) is 2.54. The second-order valence-corrected chi connectivity index (χ2v) is 7.04. The van der Waals surface area contributed by atoms with Crippen molar-refractivity contribution in [3.8, 4) is 6.07 Å². The number of nitrogens with one attached hydrogen (secondary N) is 3. The van der Waals surface area contributed by atoms with Gasteiger partial charge in [0.25, 0.3) is 5.91 Å². The Morgan fingerprint density at radius 2 is 1.76 bits per heavy atom. The van der Waals surface area contributed by atoms with E-state index in [2.05, 4.69) is 16.0 Å². The van der Waals surface area contributed by atoms with Crippen molar-refractivity contribution in [1.29, 1.82) is 5.26 Å². The molecule has 1 aromatic carbocycles. The molecular formula is C23H24N4O6. The lowest BCUT2D eigenvalue weighted by Gasteiger charge is -2.07. The van der Waals surface area contributed by atoms with Crippen molar-refractivity contribution in [2.45, 2.75) is 33.4 Å². The Bertz CT molecular complexity index is 1090. The summed E-state index contributed by atoms with van der Waals surface area (Å²) in [5.74, 6) is -2.23. The zero-order valence-corrected chi connectivity index (χ0v) is 18.4. The summed E-state index contributed by atoms with van der Waals surface area (Å²) in [6, 6.07) is 10.7. The van der Waals surface area contributed by atoms with Crippen molar-refractivity contribution in [1.82, 2.24) is 10.6 Å². The van der Waals surface area contributed by atoms with E-state index in [-0.39, 0.29) is 30.5 Å². The molecule has 2 aromatic rings. The molecule has 2 rings (SSSR count). The van der Waals surface area contributed by atoms with E-state index >= 15 is 0 Å². The van der Waals surface area contributed by atoms with Gasteiger partial charge in [0.15, 0.2) is 0 Å². The molecule has 0 unspecified atom stereocenters. The van der Waals surface area contributed by atoms with Gasteiger partial charge in [-0.2, -0.15) is 5.26 Å². The van der Waals surface area contributed by atoms with Gasteiger partial charge in [-0.05, 0) is 57.2 Å². The molecule has 3 N–H and O–H groups in total. The van der Waals surface area contributed by atoms with Crippen LogP contribution in [-0.2, 0) is 25.7 Å². The summed E-state index contributed by atoms with van der Waals surface area (Å²) in [6.07, 6.45) is 1.29. The van der Waals surface area contributed by atoms with Crippen molar-refractivity contribution >= 4 is 35.5 Å². The highest BCUT2D eigenvalue weighted by molar-refractivity contribution is 6.39. The summed E-state index contributed by atoms with van der Waals surface area (Å²) in [7, 11) is 0. The van der Waals surface area contributed by atoms with Crippen molar-refractivity contribution in [3.05, 3.63) is 59.1 Å². The van der Waals surface area contributed by atoms with Gasteiger partial charge in [0, 0.05) is 17.8 Å². The molecule has 0 bridgehead atoms. The fourth-order valence-corrected chi connectivity index (χ4v) is 2.54. The number of benzene rings is 1. The van der Waals surface area contributed by atoms with Crippen LogP contribution in [0.4, 0.5) is 5.69 Å². The normalized spacial score (nSPS) is 10.8. The van der Waals surface area contributed by atoms with Gasteiger partial charge < -0.3 is 25.1 Å². The molecule has 0 atom stereocenters. The summed E-state index contributed by atoms with van der Waals surface area (Å²) < 4.78 is 10.4. The summed E-state index contributed by atoms with van der Waals surface area (Å²) in [5.41, 5.74) is 0.530. The second kappa shape index (κ2) is 11.9. The molecule has 0 spiro atoms. The first kappa shape index (κ1) is 24.9. The standard InChI is InChI=1S/C23H24N4O6/c1-4-32-23(31)15-5-7-17(8-6-15)27-22(30)21(29)25-13-19-10-9-18(33-19)11-16(12-24)20(28)26-14(2)3/h5-11,14H,4,13H2,1-3H3,(H,25,29)(H,26,28)(H,27,30)/b16-11-. The molecule has 10 heteroatoms. The minimum Gasteiger partial charge on any atom is -0.462 e. The molecule has 0 aliphatic heterocycles. The highest BCUT2D eigenvalue weighted by Crippen LogP contribution is 2.13. The molecule has 0 fully saturated rings. The first-order chi connectivity index (χ1) is 15.7. The van der Waals surface area contributed by atoms with E-state index in [1.807, 2.05) is 6.07 Å². The first-order valence-electron chi connectivity index (χ1n) is 10.1. The number of hydrogen-bond acceptors (Lipinski definition) is 7. The summed E-state index contributed by atoms with van der Waals surface area (Å²) in [6.45, 7) is 5.41. The minimum atomic E-state index is -0.900. The molecule has 0 aliphatic carbocycles. The SMILES string of the molecule is CCOC(=O)c1ccc(NC(=O)C(=O)NCc2ccc(/C=C(/C#N)C(=O)NC(C)C)o2)cc1. The van der Waals surface area contributed by atoms with E-state index in [0.717, 1.165) is 0 Å². The number of nitriles is 1. The Morgan fingerprint density at radius 1 is 1.06 bits per heavy atom. The van der Waals surface area contributed by atoms with Gasteiger partial charge in [0.05, 0.1) is 18.7 Å². The van der Waals surface area contributed by atoms with Crippen LogP contribution in [-0.4, -0.2) is 36.3 Å². The Labute approximate surface area is 190 Å². The lowest BCUT2D eigenvalue weighted by Crippen LogP contribution is -2.34. The molecule has 3 amide bonds. The van der Waals surface area contributed by atoms with Gasteiger partial charge in [0.2, 0.25) is 0 Å². The van der Waals surface area contributed by atoms with Gasteiger partial charge in [-0.1, -0.05) is 0 Å². The third kappa shape index (κ3) is 7.66. The van der Waals surface area contributed by atoms with Crippen LogP contribution < -0.4 is 16.0 Å². The molecule has 0 radical (unpaired) electrons. The summed E-state index contributed by atoms with van der Waals surface area (Å²) >= 11 is 0. The number of amides is 3. The quantitative estimate of drug-likeness (QED) is 0.240. The Kier molecular flexibility index (Phi) is 8.94. The predicted octanol–water partition coefficient (Wildman–Crippen LogP) is 2.14. The van der Waals surface area contributed by atoms with Crippen LogP contribution >= 0.6 is 0 Å². The number of nitrogens with zero attached hydrogens (tertiary/aromatic N) is 1. The molecule has 1 heterocycles. The van der Waals surface area contributed by atoms with Crippen molar-refractivity contribution in [2.75, 3.05) is 11.9 Å². The molecule has 10 nitrogen and oxygen atoms in total. The van der Waals surface area contributed by atoms with Crippen molar-refractivity contribution in [3.63, 3.8) is 0 Å². The predicted molar refractivity (Wildman–Crippen MR) is 118 cm³/mol. The Balaban J connectivity index is 1.90. The number of esters is 1. The number of carbonyl (C=O) groups is 4. The maximum absolute atomic E-state index is 12.1. The highest BCUT2D eigenvalue weighted by atomic mass is 16.5. The number of furan rings is 1. The van der Waals surface area contributed by atoms with Crippen molar-refractivity contribution < 1.29 is 28.3 Å². The summed E-state index contributed by atoms with van der Waals surface area (Å²) in [4.78, 5) is 47.7. The smallest absolute Gasteiger partial charge is 0.338 e. The molecule has 1 aromatic heterocycles. The Hall–Kier alpha value is -4.39. The Morgan fingerprint density at radius 3 is 2.36 bits per heavy atom. The first-order valence-corrected chi connectivity index (χ1v) is 10.1. The molecular weight excluding hydrogens is 428 g/mol. The number of hydrogen-bond donors (Lipinski definition) is 3. The van der Waals surface area contributed by atoms with Crippen LogP contribution in [0.1, 0.15) is 42.6 Å². The van der Waals surface area contributed by atoms with Gasteiger partial charge in [-0.15, -0.1) is 0 Å². The molecule has 33 heavy (non-hydrogen) atoms. The molecule has 0 saturated heterocycles. The largest absolute Gasteiger partial charge is 0.462 e. The average Bonchev–Trinajstić information content (AvgIpc) is 3.23. The maximum atomic E-state index is 12.1. The van der Waals surface area contributed by atoms with E-state index in [4.69, 9.17) is 14.4 Å². The number of carbonyl (C=O) groups excluding carboxylic acids is 4. The van der Waals surface area contributed by atoms with Gasteiger partial charge in [0.1, 0.15) is 23.2 Å². The second-order valence-electron chi connectivity index (χ2n) is 7.04. The topological polar surface area (TPSA) is 151 Å². The number of ether oxygens (including phenoxy) is 1. The van der Waals surface area contributed by atoms with Gasteiger partial charge >= 0.3 is 17.8 Å². The summed E-state index contributed by atoms with van der Waals surface area (Å²) in [5, 5.41) is 16.6. The lowest BCUT2D eigenvalue weighted by atomic mass is 10.2. The third-order valence-electron chi connectivity index (χ3n) is 4.04. The van der Waals surface area contributed by atoms with E-state index in [0.29, 0.717) is 17.0 Å². The fraction of sp³-hybridized carbons (Fsp3) is 0.261.